The maximum Gasteiger partial charge on any atom is 0.328 e. The number of carbonyl (C=O) groups is 1. The Morgan fingerprint density at radius 2 is 2.58 bits per heavy atom. The lowest BCUT2D eigenvalue weighted by molar-refractivity contribution is -0.131. The number of fused-ring (bicyclic) bond motifs is 1. The quantitative estimate of drug-likeness (QED) is 0.474. The van der Waals surface area contributed by atoms with Gasteiger partial charge in [-0.15, -0.1) is 0 Å². The van der Waals surface area contributed by atoms with Crippen molar-refractivity contribution in [3.8, 4) is 0 Å². The molecule has 0 amide bonds. The van der Waals surface area contributed by atoms with E-state index in [0.717, 1.165) is 24.8 Å². The summed E-state index contributed by atoms with van der Waals surface area (Å²) in [6.07, 6.45) is 4.60. The van der Waals surface area contributed by atoms with Gasteiger partial charge in [0.15, 0.2) is 0 Å². The van der Waals surface area contributed by atoms with Crippen molar-refractivity contribution in [1.82, 2.24) is 0 Å². The molecule has 66 valence electrons. The molecule has 1 saturated carbocycles. The van der Waals surface area contributed by atoms with Crippen LogP contribution in [0.5, 0.6) is 0 Å². The number of hydrogen-bond acceptors (Lipinski definition) is 2. The molecule has 0 bridgehead atoms. The van der Waals surface area contributed by atoms with Crippen molar-refractivity contribution in [1.29, 1.82) is 0 Å². The normalized spacial score (nSPS) is 42.4. The van der Waals surface area contributed by atoms with Crippen LogP contribution in [0.15, 0.2) is 11.6 Å². The van der Waals surface area contributed by atoms with Crippen LogP contribution in [0.1, 0.15) is 26.2 Å². The Bertz CT molecular complexity index is 256. The van der Waals surface area contributed by atoms with Gasteiger partial charge in [0.05, 0.1) is 6.10 Å². The summed E-state index contributed by atoms with van der Waals surface area (Å²) in [7, 11) is 0. The first kappa shape index (κ1) is 7.80. The van der Waals surface area contributed by atoms with Crippen LogP contribution in [0.3, 0.4) is 0 Å². The average molecular weight is 168 g/mol. The maximum absolute atomic E-state index is 10.4. The van der Waals surface area contributed by atoms with Crippen LogP contribution in [0.4, 0.5) is 0 Å². The Kier molecular flexibility index (Phi) is 1.51. The molecule has 3 nitrogen and oxygen atoms in total. The van der Waals surface area contributed by atoms with E-state index < -0.39 is 5.97 Å². The van der Waals surface area contributed by atoms with Crippen LogP contribution in [0, 0.1) is 0 Å². The minimum atomic E-state index is -0.859. The van der Waals surface area contributed by atoms with Gasteiger partial charge in [-0.1, -0.05) is 0 Å². The van der Waals surface area contributed by atoms with Gasteiger partial charge < -0.3 is 9.84 Å². The zero-order valence-electron chi connectivity index (χ0n) is 7.04. The summed E-state index contributed by atoms with van der Waals surface area (Å²) in [4.78, 5) is 10.4. The highest BCUT2D eigenvalue weighted by atomic mass is 16.6. The molecule has 1 heterocycles. The predicted octanol–water partition coefficient (Wildman–Crippen LogP) is 1.34. The van der Waals surface area contributed by atoms with Crippen LogP contribution in [-0.2, 0) is 9.53 Å². The first-order chi connectivity index (χ1) is 5.63. The van der Waals surface area contributed by atoms with E-state index in [4.69, 9.17) is 9.84 Å². The van der Waals surface area contributed by atoms with Gasteiger partial charge in [-0.05, 0) is 31.8 Å². The SMILES string of the molecule is C[C@]12O[C@H]1CCC/C2=C\C(=O)O. The minimum Gasteiger partial charge on any atom is -0.478 e. The summed E-state index contributed by atoms with van der Waals surface area (Å²) in [5.41, 5.74) is 0.725. The highest BCUT2D eigenvalue weighted by Crippen LogP contribution is 2.50. The van der Waals surface area contributed by atoms with Crippen LogP contribution in [0.2, 0.25) is 0 Å². The molecule has 1 aliphatic heterocycles. The van der Waals surface area contributed by atoms with Gasteiger partial charge in [0, 0.05) is 6.08 Å². The molecule has 2 rings (SSSR count). The second-order valence-electron chi connectivity index (χ2n) is 3.61. The number of carboxylic acid groups (broad SMARTS) is 1. The number of epoxide rings is 1. The molecule has 2 aliphatic rings. The summed E-state index contributed by atoms with van der Waals surface area (Å²) in [6, 6.07) is 0. The first-order valence-corrected chi connectivity index (χ1v) is 4.25. The molecule has 1 aliphatic carbocycles. The van der Waals surface area contributed by atoms with Crippen molar-refractivity contribution in [3.05, 3.63) is 11.6 Å². The molecule has 1 saturated heterocycles. The van der Waals surface area contributed by atoms with Gasteiger partial charge in [0.2, 0.25) is 0 Å². The molecule has 0 aromatic carbocycles. The van der Waals surface area contributed by atoms with Gasteiger partial charge in [-0.3, -0.25) is 0 Å². The molecule has 3 heteroatoms. The highest BCUT2D eigenvalue weighted by Gasteiger charge is 2.56. The Morgan fingerprint density at radius 3 is 3.25 bits per heavy atom. The summed E-state index contributed by atoms with van der Waals surface area (Å²) >= 11 is 0. The summed E-state index contributed by atoms with van der Waals surface area (Å²) in [6.45, 7) is 1.98. The number of ether oxygens (including phenoxy) is 1. The van der Waals surface area contributed by atoms with E-state index >= 15 is 0 Å². The van der Waals surface area contributed by atoms with E-state index in [1.54, 1.807) is 0 Å². The predicted molar refractivity (Wildman–Crippen MR) is 42.8 cm³/mol. The molecule has 0 unspecified atom stereocenters. The van der Waals surface area contributed by atoms with Crippen molar-refractivity contribution < 1.29 is 14.6 Å². The molecule has 2 fully saturated rings. The maximum atomic E-state index is 10.4. The van der Waals surface area contributed by atoms with Crippen molar-refractivity contribution in [2.24, 2.45) is 0 Å². The Hall–Kier alpha value is -0.830. The molecule has 0 aromatic heterocycles. The standard InChI is InChI=1S/C9H12O3/c1-9-6(5-8(10)11)3-2-4-7(9)12-9/h5,7H,2-4H2,1H3,(H,10,11)/b6-5+/t7-,9+/m0/s1. The fourth-order valence-corrected chi connectivity index (χ4v) is 1.97. The third kappa shape index (κ3) is 1.05. The number of aliphatic carboxylic acids is 1. The summed E-state index contributed by atoms with van der Waals surface area (Å²) in [5.74, 6) is -0.859. The lowest BCUT2D eigenvalue weighted by atomic mass is 9.85. The van der Waals surface area contributed by atoms with E-state index in [2.05, 4.69) is 0 Å². The minimum absolute atomic E-state index is 0.226. The van der Waals surface area contributed by atoms with E-state index in [1.807, 2.05) is 6.92 Å². The van der Waals surface area contributed by atoms with E-state index in [1.165, 1.54) is 6.08 Å². The van der Waals surface area contributed by atoms with Crippen LogP contribution in [0.25, 0.3) is 0 Å². The highest BCUT2D eigenvalue weighted by molar-refractivity contribution is 5.81. The van der Waals surface area contributed by atoms with Gasteiger partial charge in [-0.25, -0.2) is 4.79 Å². The monoisotopic (exact) mass is 168 g/mol. The van der Waals surface area contributed by atoms with Gasteiger partial charge in [0.25, 0.3) is 0 Å². The average Bonchev–Trinajstić information content (AvgIpc) is 2.61. The topological polar surface area (TPSA) is 49.8 Å². The van der Waals surface area contributed by atoms with Crippen molar-refractivity contribution in [2.45, 2.75) is 37.9 Å². The largest absolute Gasteiger partial charge is 0.478 e. The fourth-order valence-electron chi connectivity index (χ4n) is 1.97. The van der Waals surface area contributed by atoms with Crippen LogP contribution >= 0.6 is 0 Å². The van der Waals surface area contributed by atoms with Gasteiger partial charge >= 0.3 is 5.97 Å². The van der Waals surface area contributed by atoms with Crippen LogP contribution < -0.4 is 0 Å². The number of carboxylic acids is 1. The molecule has 1 N–H and O–H groups in total. The second kappa shape index (κ2) is 2.33. The molecular weight excluding hydrogens is 156 g/mol. The number of hydrogen-bond donors (Lipinski definition) is 1. The molecule has 0 radical (unpaired) electrons. The van der Waals surface area contributed by atoms with E-state index in [-0.39, 0.29) is 11.7 Å². The molecular formula is C9H12O3. The summed E-state index contributed by atoms with van der Waals surface area (Å²) < 4.78 is 5.45. The third-order valence-electron chi connectivity index (χ3n) is 2.79. The lowest BCUT2D eigenvalue weighted by Crippen LogP contribution is -2.19. The molecule has 0 spiro atoms. The zero-order chi connectivity index (χ0) is 8.77. The van der Waals surface area contributed by atoms with Crippen molar-refractivity contribution >= 4 is 5.97 Å². The molecule has 0 aromatic rings. The smallest absolute Gasteiger partial charge is 0.328 e. The Balaban J connectivity index is 2.20. The Morgan fingerprint density at radius 1 is 1.83 bits per heavy atom. The van der Waals surface area contributed by atoms with E-state index in [9.17, 15) is 4.79 Å². The Labute approximate surface area is 71.0 Å². The molecule has 2 atom stereocenters. The fraction of sp³-hybridized carbons (Fsp3) is 0.667. The molecule has 12 heavy (non-hydrogen) atoms. The van der Waals surface area contributed by atoms with E-state index in [0.29, 0.717) is 0 Å². The van der Waals surface area contributed by atoms with Gasteiger partial charge in [0.1, 0.15) is 5.60 Å². The van der Waals surface area contributed by atoms with Gasteiger partial charge in [-0.2, -0.15) is 0 Å². The third-order valence-corrected chi connectivity index (χ3v) is 2.79. The van der Waals surface area contributed by atoms with Crippen molar-refractivity contribution in [3.63, 3.8) is 0 Å². The summed E-state index contributed by atoms with van der Waals surface area (Å²) in [5, 5.41) is 8.58. The number of rotatable bonds is 1. The second-order valence-corrected chi connectivity index (χ2v) is 3.61. The van der Waals surface area contributed by atoms with Crippen molar-refractivity contribution in [2.75, 3.05) is 0 Å². The zero-order valence-corrected chi connectivity index (χ0v) is 7.04. The first-order valence-electron chi connectivity index (χ1n) is 4.25. The van der Waals surface area contributed by atoms with Crippen LogP contribution in [-0.4, -0.2) is 22.8 Å². The lowest BCUT2D eigenvalue weighted by Gasteiger charge is -2.15.